The number of rotatable bonds is 3. The van der Waals surface area contributed by atoms with Crippen molar-refractivity contribution in [2.45, 2.75) is 16.7 Å². The summed E-state index contributed by atoms with van der Waals surface area (Å²) >= 11 is 0.906. The molecule has 0 spiro atoms. The summed E-state index contributed by atoms with van der Waals surface area (Å²) in [7, 11) is -2.52. The van der Waals surface area contributed by atoms with Crippen LogP contribution in [0.3, 0.4) is 0 Å². The molecule has 0 aromatic carbocycles. The Kier molecular flexibility index (Phi) is 3.66. The Labute approximate surface area is 109 Å². The summed E-state index contributed by atoms with van der Waals surface area (Å²) < 4.78 is 30.3. The maximum atomic E-state index is 12.3. The van der Waals surface area contributed by atoms with Crippen LogP contribution in [0.15, 0.2) is 9.72 Å². The zero-order valence-electron chi connectivity index (χ0n) is 9.70. The third-order valence-corrected chi connectivity index (χ3v) is 5.89. The molecule has 0 radical (unpaired) electrons. The molecule has 1 atom stereocenters. The second-order valence-corrected chi connectivity index (χ2v) is 6.88. The van der Waals surface area contributed by atoms with Crippen molar-refractivity contribution < 1.29 is 17.9 Å². The second-order valence-electron chi connectivity index (χ2n) is 3.89. The molecule has 2 rings (SSSR count). The highest BCUT2D eigenvalue weighted by atomic mass is 32.2. The molecule has 0 aliphatic carbocycles. The molecule has 100 valence electrons. The van der Waals surface area contributed by atoms with Gasteiger partial charge in [-0.2, -0.15) is 4.31 Å². The van der Waals surface area contributed by atoms with E-state index in [0.717, 1.165) is 11.3 Å². The van der Waals surface area contributed by atoms with Gasteiger partial charge in [0.25, 0.3) is 10.0 Å². The molecule has 1 aromatic heterocycles. The van der Waals surface area contributed by atoms with E-state index in [-0.39, 0.29) is 22.5 Å². The van der Waals surface area contributed by atoms with Crippen LogP contribution in [0.25, 0.3) is 0 Å². The summed E-state index contributed by atoms with van der Waals surface area (Å²) in [4.78, 5) is 15.2. The van der Waals surface area contributed by atoms with Crippen molar-refractivity contribution >= 4 is 27.3 Å². The number of thiazole rings is 1. The molecule has 18 heavy (non-hydrogen) atoms. The van der Waals surface area contributed by atoms with E-state index in [1.807, 2.05) is 0 Å². The smallest absolute Gasteiger partial charge is 0.358 e. The molecule has 7 nitrogen and oxygen atoms in total. The molecule has 0 amide bonds. The average Bonchev–Trinajstić information content (AvgIpc) is 2.96. The molecule has 1 aliphatic heterocycles. The Morgan fingerprint density at radius 3 is 2.94 bits per heavy atom. The van der Waals surface area contributed by atoms with Crippen LogP contribution >= 0.6 is 11.3 Å². The molecular weight excluding hydrogens is 278 g/mol. The minimum Gasteiger partial charge on any atom is -0.464 e. The molecular formula is C9H13N3O4S2. The number of carbonyl (C=O) groups is 1. The summed E-state index contributed by atoms with van der Waals surface area (Å²) in [6.07, 6.45) is 0.617. The molecule has 1 aliphatic rings. The minimum atomic E-state index is -3.71. The number of sulfonamides is 1. The quantitative estimate of drug-likeness (QED) is 0.764. The van der Waals surface area contributed by atoms with Crippen LogP contribution in [0.2, 0.25) is 0 Å². The molecule has 1 saturated heterocycles. The first-order valence-corrected chi connectivity index (χ1v) is 7.56. The maximum absolute atomic E-state index is 12.3. The topological polar surface area (TPSA) is 103 Å². The molecule has 2 heterocycles. The predicted octanol–water partition coefficient (Wildman–Crippen LogP) is -0.349. The SMILES string of the molecule is COC(=O)c1ncsc1S(=O)(=O)N1CCC(N)C1. The lowest BCUT2D eigenvalue weighted by molar-refractivity contribution is 0.0590. The van der Waals surface area contributed by atoms with Crippen molar-refractivity contribution in [2.75, 3.05) is 20.2 Å². The lowest BCUT2D eigenvalue weighted by Crippen LogP contribution is -2.32. The van der Waals surface area contributed by atoms with E-state index >= 15 is 0 Å². The highest BCUT2D eigenvalue weighted by Crippen LogP contribution is 2.26. The summed E-state index contributed by atoms with van der Waals surface area (Å²) in [5.41, 5.74) is 6.84. The van der Waals surface area contributed by atoms with Crippen LogP contribution in [0.5, 0.6) is 0 Å². The number of methoxy groups -OCH3 is 1. The Morgan fingerprint density at radius 2 is 2.39 bits per heavy atom. The molecule has 9 heteroatoms. The number of carbonyl (C=O) groups excluding carboxylic acids is 1. The lowest BCUT2D eigenvalue weighted by atomic mass is 10.3. The Morgan fingerprint density at radius 1 is 1.67 bits per heavy atom. The fraction of sp³-hybridized carbons (Fsp3) is 0.556. The lowest BCUT2D eigenvalue weighted by Gasteiger charge is -2.14. The van der Waals surface area contributed by atoms with Gasteiger partial charge >= 0.3 is 5.97 Å². The van der Waals surface area contributed by atoms with Gasteiger partial charge in [0.05, 0.1) is 12.6 Å². The van der Waals surface area contributed by atoms with Crippen molar-refractivity contribution in [1.82, 2.24) is 9.29 Å². The summed E-state index contributed by atoms with van der Waals surface area (Å²) in [5.74, 6) is -0.752. The number of esters is 1. The Balaban J connectivity index is 2.36. The number of aromatic nitrogens is 1. The maximum Gasteiger partial charge on any atom is 0.358 e. The Bertz CT molecular complexity index is 554. The van der Waals surface area contributed by atoms with Crippen molar-refractivity contribution in [3.05, 3.63) is 11.2 Å². The van der Waals surface area contributed by atoms with E-state index in [1.54, 1.807) is 0 Å². The number of nitrogens with zero attached hydrogens (tertiary/aromatic N) is 2. The Hall–Kier alpha value is -1.03. The summed E-state index contributed by atoms with van der Waals surface area (Å²) in [5, 5.41) is 0. The molecule has 1 fully saturated rings. The van der Waals surface area contributed by atoms with E-state index in [1.165, 1.54) is 16.9 Å². The van der Waals surface area contributed by atoms with Gasteiger partial charge in [0.2, 0.25) is 0 Å². The van der Waals surface area contributed by atoms with Gasteiger partial charge in [-0.05, 0) is 6.42 Å². The normalized spacial score (nSPS) is 21.1. The van der Waals surface area contributed by atoms with E-state index in [9.17, 15) is 13.2 Å². The number of hydrogen-bond donors (Lipinski definition) is 1. The van der Waals surface area contributed by atoms with Gasteiger partial charge in [-0.25, -0.2) is 18.2 Å². The van der Waals surface area contributed by atoms with E-state index < -0.39 is 16.0 Å². The van der Waals surface area contributed by atoms with Gasteiger partial charge in [0, 0.05) is 19.1 Å². The van der Waals surface area contributed by atoms with Crippen molar-refractivity contribution in [1.29, 1.82) is 0 Å². The van der Waals surface area contributed by atoms with Gasteiger partial charge in [0.15, 0.2) is 9.90 Å². The van der Waals surface area contributed by atoms with Crippen LogP contribution in [-0.2, 0) is 14.8 Å². The average molecular weight is 291 g/mol. The third-order valence-electron chi connectivity index (χ3n) is 2.68. The standard InChI is InChI=1S/C9H13N3O4S2/c1-16-8(13)7-9(17-5-11-7)18(14,15)12-3-2-6(10)4-12/h5-6H,2-4,10H2,1H3. The number of hydrogen-bond acceptors (Lipinski definition) is 7. The number of ether oxygens (including phenoxy) is 1. The van der Waals surface area contributed by atoms with Crippen LogP contribution < -0.4 is 5.73 Å². The van der Waals surface area contributed by atoms with E-state index in [2.05, 4.69) is 9.72 Å². The minimum absolute atomic E-state index is 0.0801. The first-order chi connectivity index (χ1) is 8.46. The predicted molar refractivity (Wildman–Crippen MR) is 64.8 cm³/mol. The second kappa shape index (κ2) is 4.92. The van der Waals surface area contributed by atoms with E-state index in [0.29, 0.717) is 13.0 Å². The fourth-order valence-electron chi connectivity index (χ4n) is 1.74. The largest absolute Gasteiger partial charge is 0.464 e. The highest BCUT2D eigenvalue weighted by Gasteiger charge is 2.35. The fourth-order valence-corrected chi connectivity index (χ4v) is 4.52. The third kappa shape index (κ3) is 2.26. The first kappa shape index (κ1) is 13.4. The molecule has 0 saturated carbocycles. The van der Waals surface area contributed by atoms with Gasteiger partial charge in [-0.1, -0.05) is 0 Å². The van der Waals surface area contributed by atoms with Crippen molar-refractivity contribution in [3.8, 4) is 0 Å². The summed E-state index contributed by atoms with van der Waals surface area (Å²) in [6.45, 7) is 0.628. The van der Waals surface area contributed by atoms with Crippen molar-refractivity contribution in [2.24, 2.45) is 5.73 Å². The number of nitrogens with two attached hydrogens (primary N) is 1. The van der Waals surface area contributed by atoms with Gasteiger partial charge in [-0.15, -0.1) is 11.3 Å². The molecule has 0 bridgehead atoms. The van der Waals surface area contributed by atoms with Crippen LogP contribution in [0, 0.1) is 0 Å². The summed E-state index contributed by atoms with van der Waals surface area (Å²) in [6, 6.07) is -0.158. The molecule has 2 N–H and O–H groups in total. The van der Waals surface area contributed by atoms with Gasteiger partial charge in [-0.3, -0.25) is 0 Å². The zero-order chi connectivity index (χ0) is 13.3. The van der Waals surface area contributed by atoms with Crippen molar-refractivity contribution in [3.63, 3.8) is 0 Å². The van der Waals surface area contributed by atoms with E-state index in [4.69, 9.17) is 5.73 Å². The highest BCUT2D eigenvalue weighted by molar-refractivity contribution is 7.91. The molecule has 1 unspecified atom stereocenters. The van der Waals surface area contributed by atoms with Crippen LogP contribution in [-0.4, -0.2) is 49.9 Å². The van der Waals surface area contributed by atoms with Gasteiger partial charge < -0.3 is 10.5 Å². The molecule has 1 aromatic rings. The monoisotopic (exact) mass is 291 g/mol. The first-order valence-electron chi connectivity index (χ1n) is 5.24. The zero-order valence-corrected chi connectivity index (χ0v) is 11.3. The van der Waals surface area contributed by atoms with Crippen LogP contribution in [0.1, 0.15) is 16.9 Å². The van der Waals surface area contributed by atoms with Gasteiger partial charge in [0.1, 0.15) is 0 Å². The van der Waals surface area contributed by atoms with Crippen LogP contribution in [0.4, 0.5) is 0 Å².